The van der Waals surface area contributed by atoms with Crippen LogP contribution in [0.15, 0.2) is 78.4 Å². The zero-order valence-electron chi connectivity index (χ0n) is 22.6. The quantitative estimate of drug-likeness (QED) is 0.174. The van der Waals surface area contributed by atoms with E-state index in [0.717, 1.165) is 39.3 Å². The van der Waals surface area contributed by atoms with Crippen molar-refractivity contribution in [2.75, 3.05) is 4.90 Å². The lowest BCUT2D eigenvalue weighted by atomic mass is 10.1. The molecule has 3 aromatic carbocycles. The second kappa shape index (κ2) is 10.9. The van der Waals surface area contributed by atoms with E-state index in [2.05, 4.69) is 5.32 Å². The van der Waals surface area contributed by atoms with Gasteiger partial charge in [0.05, 0.1) is 5.69 Å². The van der Waals surface area contributed by atoms with Crippen LogP contribution in [-0.4, -0.2) is 21.5 Å². The summed E-state index contributed by atoms with van der Waals surface area (Å²) in [6, 6.07) is 21.5. The maximum Gasteiger partial charge on any atom is 0.270 e. The van der Waals surface area contributed by atoms with E-state index in [9.17, 15) is 14.0 Å². The molecule has 202 valence electrons. The van der Waals surface area contributed by atoms with E-state index in [1.165, 1.54) is 17.0 Å². The molecule has 0 spiro atoms. The Morgan fingerprint density at radius 1 is 0.875 bits per heavy atom. The third-order valence-corrected chi connectivity index (χ3v) is 7.03. The molecular formula is C32H28FN3O3S. The minimum Gasteiger partial charge on any atom is -0.489 e. The van der Waals surface area contributed by atoms with Crippen molar-refractivity contribution in [1.82, 2.24) is 9.88 Å². The Balaban J connectivity index is 1.40. The fourth-order valence-electron chi connectivity index (χ4n) is 4.90. The van der Waals surface area contributed by atoms with Crippen LogP contribution < -0.4 is 15.0 Å². The van der Waals surface area contributed by atoms with E-state index in [1.54, 1.807) is 18.2 Å². The number of nitrogens with one attached hydrogen (secondary N) is 1. The van der Waals surface area contributed by atoms with Crippen LogP contribution in [0.5, 0.6) is 5.75 Å². The van der Waals surface area contributed by atoms with E-state index >= 15 is 0 Å². The van der Waals surface area contributed by atoms with Gasteiger partial charge in [-0.1, -0.05) is 18.2 Å². The van der Waals surface area contributed by atoms with Gasteiger partial charge in [-0.2, -0.15) is 0 Å². The maximum absolute atomic E-state index is 13.5. The van der Waals surface area contributed by atoms with Crippen LogP contribution in [0.25, 0.3) is 11.8 Å². The third kappa shape index (κ3) is 5.44. The van der Waals surface area contributed by atoms with Gasteiger partial charge >= 0.3 is 0 Å². The van der Waals surface area contributed by atoms with Crippen molar-refractivity contribution in [3.05, 3.63) is 118 Å². The molecule has 0 radical (unpaired) electrons. The summed E-state index contributed by atoms with van der Waals surface area (Å²) in [5, 5.41) is 2.72. The first-order valence-corrected chi connectivity index (χ1v) is 13.2. The van der Waals surface area contributed by atoms with Gasteiger partial charge in [0, 0.05) is 17.1 Å². The van der Waals surface area contributed by atoms with Gasteiger partial charge in [-0.05, 0) is 123 Å². The molecule has 6 nitrogen and oxygen atoms in total. The predicted molar refractivity (Wildman–Crippen MR) is 158 cm³/mol. The minimum atomic E-state index is -0.525. The number of ether oxygens (including phenoxy) is 1. The summed E-state index contributed by atoms with van der Waals surface area (Å²) >= 11 is 5.36. The molecule has 4 aromatic rings. The van der Waals surface area contributed by atoms with E-state index in [4.69, 9.17) is 17.0 Å². The number of rotatable bonds is 6. The van der Waals surface area contributed by atoms with Gasteiger partial charge in [0.2, 0.25) is 0 Å². The SMILES string of the molecule is Cc1cc(C)cc(N2C(=O)/C(=C/c3cc(C)n(-c4ccc(OCc5ccc(F)cc5)cc4)c3C)C(=O)NC2=S)c1. The second-order valence-corrected chi connectivity index (χ2v) is 10.3. The molecule has 1 saturated heterocycles. The average Bonchev–Trinajstić information content (AvgIpc) is 3.18. The standard InChI is InChI=1S/C32H28FN3O3S/c1-19-13-20(2)15-27(14-19)36-31(38)29(30(37)34-32(36)40)17-24-16-21(3)35(22(24)4)26-9-11-28(12-10-26)39-18-23-5-7-25(33)8-6-23/h5-17H,18H2,1-4H3,(H,34,37,40)/b29-17+. The Kier molecular flexibility index (Phi) is 7.36. The number of carbonyl (C=O) groups is 2. The molecule has 1 aliphatic rings. The molecule has 2 amide bonds. The zero-order valence-corrected chi connectivity index (χ0v) is 23.4. The number of benzene rings is 3. The highest BCUT2D eigenvalue weighted by Gasteiger charge is 2.35. The summed E-state index contributed by atoms with van der Waals surface area (Å²) in [4.78, 5) is 27.8. The Bertz CT molecular complexity index is 1650. The molecule has 40 heavy (non-hydrogen) atoms. The third-order valence-electron chi connectivity index (χ3n) is 6.75. The second-order valence-electron chi connectivity index (χ2n) is 9.87. The van der Waals surface area contributed by atoms with Gasteiger partial charge < -0.3 is 9.30 Å². The molecule has 0 bridgehead atoms. The number of aryl methyl sites for hydroxylation is 3. The van der Waals surface area contributed by atoms with Crippen LogP contribution in [-0.2, 0) is 16.2 Å². The van der Waals surface area contributed by atoms with Crippen LogP contribution >= 0.6 is 12.2 Å². The number of halogens is 1. The van der Waals surface area contributed by atoms with Crippen molar-refractivity contribution in [1.29, 1.82) is 0 Å². The number of hydrogen-bond acceptors (Lipinski definition) is 4. The largest absolute Gasteiger partial charge is 0.489 e. The van der Waals surface area contributed by atoms with Gasteiger partial charge in [0.1, 0.15) is 23.7 Å². The molecule has 1 aromatic heterocycles. The van der Waals surface area contributed by atoms with Crippen LogP contribution in [0.1, 0.15) is 33.6 Å². The van der Waals surface area contributed by atoms with Crippen molar-refractivity contribution >= 4 is 40.9 Å². The van der Waals surface area contributed by atoms with Crippen molar-refractivity contribution < 1.29 is 18.7 Å². The average molecular weight is 554 g/mol. The highest BCUT2D eigenvalue weighted by atomic mass is 32.1. The lowest BCUT2D eigenvalue weighted by molar-refractivity contribution is -0.122. The van der Waals surface area contributed by atoms with Crippen LogP contribution in [0, 0.1) is 33.5 Å². The first-order chi connectivity index (χ1) is 19.1. The smallest absolute Gasteiger partial charge is 0.270 e. The predicted octanol–water partition coefficient (Wildman–Crippen LogP) is 6.26. The first kappa shape index (κ1) is 27.0. The fraction of sp³-hybridized carbons (Fsp3) is 0.156. The molecule has 0 aliphatic carbocycles. The fourth-order valence-corrected chi connectivity index (χ4v) is 5.18. The minimum absolute atomic E-state index is 0.0116. The lowest BCUT2D eigenvalue weighted by Gasteiger charge is -2.29. The topological polar surface area (TPSA) is 63.6 Å². The summed E-state index contributed by atoms with van der Waals surface area (Å²) < 4.78 is 21.0. The molecule has 8 heteroatoms. The van der Waals surface area contributed by atoms with Gasteiger partial charge in [-0.15, -0.1) is 0 Å². The van der Waals surface area contributed by atoms with Crippen molar-refractivity contribution in [3.63, 3.8) is 0 Å². The number of carbonyl (C=O) groups excluding carboxylic acids is 2. The zero-order chi connectivity index (χ0) is 28.6. The Hall–Kier alpha value is -4.56. The number of anilines is 1. The van der Waals surface area contributed by atoms with Crippen molar-refractivity contribution in [2.45, 2.75) is 34.3 Å². The summed E-state index contributed by atoms with van der Waals surface area (Å²) in [7, 11) is 0. The summed E-state index contributed by atoms with van der Waals surface area (Å²) in [6.45, 7) is 8.13. The Labute approximate surface area is 237 Å². The molecule has 0 unspecified atom stereocenters. The summed E-state index contributed by atoms with van der Waals surface area (Å²) in [6.07, 6.45) is 1.62. The van der Waals surface area contributed by atoms with Crippen LogP contribution in [0.2, 0.25) is 0 Å². The monoisotopic (exact) mass is 553 g/mol. The van der Waals surface area contributed by atoms with Crippen LogP contribution in [0.4, 0.5) is 10.1 Å². The molecule has 1 N–H and O–H groups in total. The molecule has 1 aliphatic heterocycles. The van der Waals surface area contributed by atoms with E-state index in [-0.39, 0.29) is 16.5 Å². The Morgan fingerprint density at radius 3 is 2.17 bits per heavy atom. The molecular weight excluding hydrogens is 525 g/mol. The van der Waals surface area contributed by atoms with E-state index in [1.807, 2.05) is 80.8 Å². The number of hydrogen-bond donors (Lipinski definition) is 1. The maximum atomic E-state index is 13.5. The highest BCUT2D eigenvalue weighted by Crippen LogP contribution is 2.28. The number of amides is 2. The summed E-state index contributed by atoms with van der Waals surface area (Å²) in [5.41, 5.74) is 6.95. The lowest BCUT2D eigenvalue weighted by Crippen LogP contribution is -2.54. The van der Waals surface area contributed by atoms with Gasteiger partial charge in [0.25, 0.3) is 11.8 Å². The molecule has 5 rings (SSSR count). The number of aromatic nitrogens is 1. The van der Waals surface area contributed by atoms with Gasteiger partial charge in [-0.3, -0.25) is 19.8 Å². The van der Waals surface area contributed by atoms with Crippen molar-refractivity contribution in [2.24, 2.45) is 0 Å². The Morgan fingerprint density at radius 2 is 1.52 bits per heavy atom. The van der Waals surface area contributed by atoms with Crippen molar-refractivity contribution in [3.8, 4) is 11.4 Å². The summed E-state index contributed by atoms with van der Waals surface area (Å²) in [5.74, 6) is -0.588. The van der Waals surface area contributed by atoms with Crippen LogP contribution in [0.3, 0.4) is 0 Å². The van der Waals surface area contributed by atoms with E-state index < -0.39 is 11.8 Å². The highest BCUT2D eigenvalue weighted by molar-refractivity contribution is 7.80. The normalized spacial score (nSPS) is 14.6. The molecule has 2 heterocycles. The van der Waals surface area contributed by atoms with Gasteiger partial charge in [-0.25, -0.2) is 4.39 Å². The molecule has 1 fully saturated rings. The molecule has 0 atom stereocenters. The number of thiocarbonyl (C=S) groups is 1. The number of nitrogens with zero attached hydrogens (tertiary/aromatic N) is 2. The van der Waals surface area contributed by atoms with E-state index in [0.29, 0.717) is 18.0 Å². The molecule has 0 saturated carbocycles. The first-order valence-electron chi connectivity index (χ1n) is 12.8. The van der Waals surface area contributed by atoms with Gasteiger partial charge in [0.15, 0.2) is 5.11 Å².